The Labute approximate surface area is 95.8 Å². The number of aldehydes is 1. The molecule has 0 radical (unpaired) electrons. The first-order valence-electron chi connectivity index (χ1n) is 5.51. The quantitative estimate of drug-likeness (QED) is 0.457. The lowest BCUT2D eigenvalue weighted by molar-refractivity contribution is -0.128. The molecule has 0 bridgehead atoms. The predicted molar refractivity (Wildman–Crippen MR) is 60.8 cm³/mol. The molecule has 0 aromatic heterocycles. The topological polar surface area (TPSA) is 89.3 Å². The molecule has 0 aromatic rings. The van der Waals surface area contributed by atoms with E-state index < -0.39 is 12.1 Å². The van der Waals surface area contributed by atoms with Crippen molar-refractivity contribution in [3.63, 3.8) is 0 Å². The number of hydrogen-bond acceptors (Lipinski definition) is 4. The maximum Gasteiger partial charge on any atom is 0.237 e. The minimum Gasteiger partial charge on any atom is -0.345 e. The highest BCUT2D eigenvalue weighted by molar-refractivity contribution is 5.90. The molecule has 1 amide bonds. The van der Waals surface area contributed by atoms with Crippen LogP contribution in [0.5, 0.6) is 0 Å². The largest absolute Gasteiger partial charge is 0.345 e. The van der Waals surface area contributed by atoms with E-state index in [9.17, 15) is 14.4 Å². The first-order valence-corrected chi connectivity index (χ1v) is 5.51. The number of carbonyl (C=O) groups excluding carboxylic acids is 3. The summed E-state index contributed by atoms with van der Waals surface area (Å²) in [4.78, 5) is 32.8. The van der Waals surface area contributed by atoms with Gasteiger partial charge in [0.25, 0.3) is 0 Å². The SMILES string of the molecule is CC(N)C(=O)NC(C)C(=O)CCCCC=O. The van der Waals surface area contributed by atoms with Crippen molar-refractivity contribution in [2.45, 2.75) is 51.6 Å². The standard InChI is InChI=1S/C11H20N2O3/c1-8(12)11(16)13-9(2)10(15)6-4-3-5-7-14/h7-9H,3-6,12H2,1-2H3,(H,13,16). The van der Waals surface area contributed by atoms with Crippen molar-refractivity contribution in [1.82, 2.24) is 5.32 Å². The summed E-state index contributed by atoms with van der Waals surface area (Å²) < 4.78 is 0. The third-order valence-corrected chi connectivity index (χ3v) is 2.25. The molecule has 16 heavy (non-hydrogen) atoms. The maximum absolute atomic E-state index is 11.5. The van der Waals surface area contributed by atoms with Crippen LogP contribution < -0.4 is 11.1 Å². The van der Waals surface area contributed by atoms with Gasteiger partial charge < -0.3 is 15.8 Å². The third kappa shape index (κ3) is 6.29. The van der Waals surface area contributed by atoms with Gasteiger partial charge in [0.2, 0.25) is 5.91 Å². The number of unbranched alkanes of at least 4 members (excludes halogenated alkanes) is 2. The van der Waals surface area contributed by atoms with Gasteiger partial charge >= 0.3 is 0 Å². The van der Waals surface area contributed by atoms with Crippen LogP contribution in [-0.2, 0) is 14.4 Å². The molecule has 0 aliphatic heterocycles. The van der Waals surface area contributed by atoms with Crippen LogP contribution in [0.4, 0.5) is 0 Å². The zero-order valence-corrected chi connectivity index (χ0v) is 9.86. The van der Waals surface area contributed by atoms with Crippen LogP contribution in [-0.4, -0.2) is 30.1 Å². The summed E-state index contributed by atoms with van der Waals surface area (Å²) in [6.07, 6.45) is 3.09. The highest BCUT2D eigenvalue weighted by Gasteiger charge is 2.16. The average molecular weight is 228 g/mol. The van der Waals surface area contributed by atoms with Gasteiger partial charge in [0.15, 0.2) is 5.78 Å². The van der Waals surface area contributed by atoms with Gasteiger partial charge in [0.1, 0.15) is 6.29 Å². The van der Waals surface area contributed by atoms with E-state index >= 15 is 0 Å². The van der Waals surface area contributed by atoms with Crippen LogP contribution in [0.2, 0.25) is 0 Å². The van der Waals surface area contributed by atoms with Gasteiger partial charge in [0.05, 0.1) is 12.1 Å². The van der Waals surface area contributed by atoms with Gasteiger partial charge in [-0.1, -0.05) is 0 Å². The molecule has 0 rings (SSSR count). The Bertz CT molecular complexity index is 252. The zero-order valence-electron chi connectivity index (χ0n) is 9.86. The minimum atomic E-state index is -0.606. The molecule has 3 N–H and O–H groups in total. The minimum absolute atomic E-state index is 0.0279. The second-order valence-electron chi connectivity index (χ2n) is 3.90. The number of rotatable bonds is 8. The van der Waals surface area contributed by atoms with E-state index in [0.29, 0.717) is 25.7 Å². The molecule has 2 atom stereocenters. The molecule has 0 fully saturated rings. The molecule has 0 saturated heterocycles. The van der Waals surface area contributed by atoms with Crippen LogP contribution in [0, 0.1) is 0 Å². The van der Waals surface area contributed by atoms with E-state index in [1.807, 2.05) is 0 Å². The van der Waals surface area contributed by atoms with Crippen molar-refractivity contribution in [1.29, 1.82) is 0 Å². The molecule has 0 aliphatic carbocycles. The molecule has 0 saturated carbocycles. The maximum atomic E-state index is 11.5. The van der Waals surface area contributed by atoms with Gasteiger partial charge in [-0.25, -0.2) is 0 Å². The fourth-order valence-corrected chi connectivity index (χ4v) is 1.17. The zero-order chi connectivity index (χ0) is 12.6. The van der Waals surface area contributed by atoms with Crippen LogP contribution in [0.1, 0.15) is 39.5 Å². The van der Waals surface area contributed by atoms with Gasteiger partial charge in [0, 0.05) is 12.8 Å². The molecule has 0 heterocycles. The van der Waals surface area contributed by atoms with Crippen molar-refractivity contribution in [3.8, 4) is 0 Å². The molecule has 2 unspecified atom stereocenters. The number of carbonyl (C=O) groups is 3. The fraction of sp³-hybridized carbons (Fsp3) is 0.727. The van der Waals surface area contributed by atoms with Gasteiger partial charge in [-0.15, -0.1) is 0 Å². The Morgan fingerprint density at radius 2 is 1.94 bits per heavy atom. The summed E-state index contributed by atoms with van der Waals surface area (Å²) in [5.74, 6) is -0.353. The lowest BCUT2D eigenvalue weighted by Gasteiger charge is -2.14. The van der Waals surface area contributed by atoms with E-state index in [1.54, 1.807) is 13.8 Å². The van der Waals surface area contributed by atoms with E-state index in [-0.39, 0.29) is 11.7 Å². The number of ketones is 1. The van der Waals surface area contributed by atoms with Crippen LogP contribution in [0.15, 0.2) is 0 Å². The summed E-state index contributed by atoms with van der Waals surface area (Å²) in [5, 5.41) is 2.54. The van der Waals surface area contributed by atoms with E-state index in [0.717, 1.165) is 6.29 Å². The Balaban J connectivity index is 3.81. The summed E-state index contributed by atoms with van der Waals surface area (Å²) >= 11 is 0. The predicted octanol–water partition coefficient (Wildman–Crippen LogP) is 0.167. The highest BCUT2D eigenvalue weighted by Crippen LogP contribution is 2.01. The first kappa shape index (κ1) is 14.8. The molecule has 5 nitrogen and oxygen atoms in total. The monoisotopic (exact) mass is 228 g/mol. The second-order valence-corrected chi connectivity index (χ2v) is 3.90. The lowest BCUT2D eigenvalue weighted by atomic mass is 10.1. The molecular formula is C11H20N2O3. The van der Waals surface area contributed by atoms with Crippen molar-refractivity contribution < 1.29 is 14.4 Å². The van der Waals surface area contributed by atoms with Crippen molar-refractivity contribution in [3.05, 3.63) is 0 Å². The van der Waals surface area contributed by atoms with E-state index in [1.165, 1.54) is 0 Å². The number of nitrogens with two attached hydrogens (primary N) is 1. The normalized spacial score (nSPS) is 13.9. The summed E-state index contributed by atoms with van der Waals surface area (Å²) in [7, 11) is 0. The number of nitrogens with one attached hydrogen (secondary N) is 1. The summed E-state index contributed by atoms with van der Waals surface area (Å²) in [5.41, 5.74) is 5.36. The lowest BCUT2D eigenvalue weighted by Crippen LogP contribution is -2.45. The molecule has 0 aromatic carbocycles. The highest BCUT2D eigenvalue weighted by atomic mass is 16.2. The Morgan fingerprint density at radius 1 is 1.31 bits per heavy atom. The van der Waals surface area contributed by atoms with E-state index in [4.69, 9.17) is 5.73 Å². The molecular weight excluding hydrogens is 208 g/mol. The molecule has 5 heteroatoms. The fourth-order valence-electron chi connectivity index (χ4n) is 1.17. The number of hydrogen-bond donors (Lipinski definition) is 2. The smallest absolute Gasteiger partial charge is 0.237 e. The van der Waals surface area contributed by atoms with Gasteiger partial charge in [-0.2, -0.15) is 0 Å². The van der Waals surface area contributed by atoms with Crippen LogP contribution in [0.25, 0.3) is 0 Å². The van der Waals surface area contributed by atoms with Gasteiger partial charge in [-0.3, -0.25) is 9.59 Å². The van der Waals surface area contributed by atoms with Crippen LogP contribution in [0.3, 0.4) is 0 Å². The second kappa shape index (κ2) is 7.98. The number of amides is 1. The summed E-state index contributed by atoms with van der Waals surface area (Å²) in [6, 6.07) is -1.11. The van der Waals surface area contributed by atoms with Crippen molar-refractivity contribution in [2.24, 2.45) is 5.73 Å². The molecule has 92 valence electrons. The van der Waals surface area contributed by atoms with E-state index in [2.05, 4.69) is 5.32 Å². The van der Waals surface area contributed by atoms with Gasteiger partial charge in [-0.05, 0) is 26.7 Å². The van der Waals surface area contributed by atoms with Crippen molar-refractivity contribution >= 4 is 18.0 Å². The Kier molecular flexibility index (Phi) is 7.37. The third-order valence-electron chi connectivity index (χ3n) is 2.25. The first-order chi connectivity index (χ1) is 7.49. The Hall–Kier alpha value is -1.23. The average Bonchev–Trinajstić information content (AvgIpc) is 2.23. The van der Waals surface area contributed by atoms with Crippen molar-refractivity contribution in [2.75, 3.05) is 0 Å². The van der Waals surface area contributed by atoms with Crippen LogP contribution >= 0.6 is 0 Å². The molecule has 0 aliphatic rings. The number of Topliss-reactive ketones (excluding diaryl/α,β-unsaturated/α-hetero) is 1. The summed E-state index contributed by atoms with van der Waals surface area (Å²) in [6.45, 7) is 3.21. The Morgan fingerprint density at radius 3 is 2.44 bits per heavy atom. The molecule has 0 spiro atoms.